The van der Waals surface area contributed by atoms with Crippen LogP contribution in [0.5, 0.6) is 5.75 Å². The van der Waals surface area contributed by atoms with Gasteiger partial charge in [0.2, 0.25) is 0 Å². The molecule has 3 N–H and O–H groups in total. The summed E-state index contributed by atoms with van der Waals surface area (Å²) in [6, 6.07) is 9.24. The highest BCUT2D eigenvalue weighted by atomic mass is 19.1. The topological polar surface area (TPSA) is 130 Å². The van der Waals surface area contributed by atoms with Gasteiger partial charge in [-0.05, 0) is 35.9 Å². The molecular formula is C18H14FNO7. The van der Waals surface area contributed by atoms with Crippen molar-refractivity contribution in [1.29, 1.82) is 0 Å². The predicted molar refractivity (Wildman–Crippen MR) is 88.7 cm³/mol. The Morgan fingerprint density at radius 2 is 1.70 bits per heavy atom. The number of benzene rings is 2. The summed E-state index contributed by atoms with van der Waals surface area (Å²) in [5.74, 6) is -5.81. The van der Waals surface area contributed by atoms with E-state index in [0.29, 0.717) is 5.56 Å². The normalized spacial score (nSPS) is 11.3. The molecule has 27 heavy (non-hydrogen) atoms. The highest BCUT2D eigenvalue weighted by Crippen LogP contribution is 2.16. The number of rotatable bonds is 6. The number of halogens is 1. The van der Waals surface area contributed by atoms with Crippen molar-refractivity contribution in [2.24, 2.45) is 0 Å². The average Bonchev–Trinajstić information content (AvgIpc) is 2.62. The Balaban J connectivity index is 2.03. The molecule has 0 bridgehead atoms. The summed E-state index contributed by atoms with van der Waals surface area (Å²) in [6.07, 6.45) is -0.174. The summed E-state index contributed by atoms with van der Waals surface area (Å²) in [5.41, 5.74) is 0.486. The Kier molecular flexibility index (Phi) is 6.21. The zero-order chi connectivity index (χ0) is 20.0. The molecule has 0 aliphatic carbocycles. The van der Waals surface area contributed by atoms with Crippen LogP contribution in [0.15, 0.2) is 48.5 Å². The summed E-state index contributed by atoms with van der Waals surface area (Å²) in [4.78, 5) is 44.7. The fourth-order valence-electron chi connectivity index (χ4n) is 2.13. The first kappa shape index (κ1) is 19.6. The molecule has 0 spiro atoms. The molecule has 9 heteroatoms. The first-order valence-corrected chi connectivity index (χ1v) is 7.59. The van der Waals surface area contributed by atoms with E-state index >= 15 is 0 Å². The number of aliphatic carboxylic acids is 2. The number of esters is 1. The second-order valence-electron chi connectivity index (χ2n) is 5.42. The minimum absolute atomic E-state index is 0.0291. The molecule has 2 aromatic rings. The van der Waals surface area contributed by atoms with Crippen LogP contribution in [0.4, 0.5) is 4.39 Å². The zero-order valence-electron chi connectivity index (χ0n) is 13.7. The van der Waals surface area contributed by atoms with E-state index in [-0.39, 0.29) is 17.7 Å². The Labute approximate surface area is 152 Å². The van der Waals surface area contributed by atoms with Gasteiger partial charge in [0.25, 0.3) is 0 Å². The molecule has 0 radical (unpaired) electrons. The minimum Gasteiger partial charge on any atom is -0.480 e. The largest absolute Gasteiger partial charge is 0.480 e. The van der Waals surface area contributed by atoms with Crippen LogP contribution >= 0.6 is 0 Å². The van der Waals surface area contributed by atoms with Crippen molar-refractivity contribution in [2.75, 3.05) is 0 Å². The molecule has 0 aromatic heterocycles. The molecule has 0 saturated heterocycles. The first-order valence-electron chi connectivity index (χ1n) is 7.59. The molecule has 8 nitrogen and oxygen atoms in total. The maximum Gasteiger partial charge on any atom is 0.394 e. The summed E-state index contributed by atoms with van der Waals surface area (Å²) in [5, 5.41) is 19.5. The Morgan fingerprint density at radius 3 is 2.26 bits per heavy atom. The van der Waals surface area contributed by atoms with Crippen LogP contribution < -0.4 is 10.1 Å². The van der Waals surface area contributed by atoms with Crippen LogP contribution in [0.25, 0.3) is 0 Å². The molecule has 2 aromatic carbocycles. The van der Waals surface area contributed by atoms with Gasteiger partial charge in [0.1, 0.15) is 17.6 Å². The van der Waals surface area contributed by atoms with Gasteiger partial charge in [0.05, 0.1) is 5.56 Å². The van der Waals surface area contributed by atoms with Crippen molar-refractivity contribution in [3.05, 3.63) is 65.5 Å². The molecule has 0 aliphatic rings. The van der Waals surface area contributed by atoms with Gasteiger partial charge in [-0.3, -0.25) is 4.79 Å². The maximum atomic E-state index is 13.1. The monoisotopic (exact) mass is 375 g/mol. The number of carbonyl (C=O) groups is 4. The van der Waals surface area contributed by atoms with Crippen molar-refractivity contribution in [1.82, 2.24) is 5.32 Å². The third-order valence-electron chi connectivity index (χ3n) is 3.43. The maximum absolute atomic E-state index is 13.1. The van der Waals surface area contributed by atoms with Crippen LogP contribution in [0.3, 0.4) is 0 Å². The molecule has 0 saturated carbocycles. The van der Waals surface area contributed by atoms with E-state index in [1.54, 1.807) is 0 Å². The fourth-order valence-corrected chi connectivity index (χ4v) is 2.13. The van der Waals surface area contributed by atoms with Crippen LogP contribution in [-0.4, -0.2) is 40.1 Å². The lowest BCUT2D eigenvalue weighted by Gasteiger charge is -2.13. The van der Waals surface area contributed by atoms with Crippen molar-refractivity contribution in [2.45, 2.75) is 12.5 Å². The average molecular weight is 375 g/mol. The van der Waals surface area contributed by atoms with Crippen molar-refractivity contribution >= 4 is 23.8 Å². The number of carboxylic acids is 2. The highest BCUT2D eigenvalue weighted by Gasteiger charge is 2.23. The Bertz CT molecular complexity index is 880. The van der Waals surface area contributed by atoms with E-state index in [9.17, 15) is 23.6 Å². The number of amides is 1. The summed E-state index contributed by atoms with van der Waals surface area (Å²) < 4.78 is 18.2. The van der Waals surface area contributed by atoms with E-state index in [0.717, 1.165) is 6.07 Å². The molecule has 2 rings (SSSR count). The molecule has 0 aliphatic heterocycles. The van der Waals surface area contributed by atoms with Crippen LogP contribution in [0, 0.1) is 5.82 Å². The quantitative estimate of drug-likeness (QED) is 0.393. The third kappa shape index (κ3) is 5.63. The minimum atomic E-state index is -1.79. The second kappa shape index (κ2) is 8.56. The Morgan fingerprint density at radius 1 is 1.04 bits per heavy atom. The molecule has 140 valence electrons. The van der Waals surface area contributed by atoms with Gasteiger partial charge in [-0.15, -0.1) is 0 Å². The lowest BCUT2D eigenvalue weighted by molar-refractivity contribution is -0.152. The summed E-state index contributed by atoms with van der Waals surface area (Å²) >= 11 is 0. The number of ether oxygens (including phenoxy) is 1. The SMILES string of the molecule is O=C(O)C(=O)N[C@H](Cc1ccc(OC(=O)c2cccc(F)c2)cc1)C(=O)O. The molecule has 0 heterocycles. The smallest absolute Gasteiger partial charge is 0.394 e. The number of hydrogen-bond donors (Lipinski definition) is 3. The lowest BCUT2D eigenvalue weighted by Crippen LogP contribution is -2.45. The van der Waals surface area contributed by atoms with E-state index in [4.69, 9.17) is 14.9 Å². The molecule has 0 unspecified atom stereocenters. The molecular weight excluding hydrogens is 361 g/mol. The van der Waals surface area contributed by atoms with Gasteiger partial charge in [0.15, 0.2) is 0 Å². The van der Waals surface area contributed by atoms with Gasteiger partial charge in [-0.1, -0.05) is 18.2 Å². The Hall–Kier alpha value is -3.75. The standard InChI is InChI=1S/C18H14FNO7/c19-12-3-1-2-11(9-12)18(26)27-13-6-4-10(5-7-13)8-14(16(22)23)20-15(21)17(24)25/h1-7,9,14H,8H2,(H,20,21)(H,22,23)(H,24,25)/t14-/m1/s1. The van der Waals surface area contributed by atoms with Crippen molar-refractivity contribution in [3.63, 3.8) is 0 Å². The van der Waals surface area contributed by atoms with Gasteiger partial charge < -0.3 is 20.3 Å². The van der Waals surface area contributed by atoms with E-state index < -0.39 is 35.7 Å². The number of nitrogens with one attached hydrogen (secondary N) is 1. The van der Waals surface area contributed by atoms with Gasteiger partial charge >= 0.3 is 23.8 Å². The predicted octanol–water partition coefficient (Wildman–Crippen LogP) is 1.24. The van der Waals surface area contributed by atoms with Crippen molar-refractivity contribution < 1.29 is 38.5 Å². The van der Waals surface area contributed by atoms with Crippen LogP contribution in [-0.2, 0) is 20.8 Å². The number of hydrogen-bond acceptors (Lipinski definition) is 5. The first-order chi connectivity index (χ1) is 12.8. The van der Waals surface area contributed by atoms with E-state index in [2.05, 4.69) is 0 Å². The lowest BCUT2D eigenvalue weighted by atomic mass is 10.1. The van der Waals surface area contributed by atoms with Gasteiger partial charge in [-0.2, -0.15) is 0 Å². The molecule has 1 atom stereocenters. The molecule has 0 fully saturated rings. The summed E-state index contributed by atoms with van der Waals surface area (Å²) in [7, 11) is 0. The molecule has 1 amide bonds. The van der Waals surface area contributed by atoms with E-state index in [1.165, 1.54) is 42.5 Å². The highest BCUT2D eigenvalue weighted by molar-refractivity contribution is 6.31. The fraction of sp³-hybridized carbons (Fsp3) is 0.111. The van der Waals surface area contributed by atoms with Gasteiger partial charge in [0, 0.05) is 6.42 Å². The zero-order valence-corrected chi connectivity index (χ0v) is 13.7. The van der Waals surface area contributed by atoms with Gasteiger partial charge in [-0.25, -0.2) is 18.8 Å². The summed E-state index contributed by atoms with van der Waals surface area (Å²) in [6.45, 7) is 0. The van der Waals surface area contributed by atoms with E-state index in [1.807, 2.05) is 5.32 Å². The van der Waals surface area contributed by atoms with Crippen molar-refractivity contribution in [3.8, 4) is 5.75 Å². The third-order valence-corrected chi connectivity index (χ3v) is 3.43. The number of carbonyl (C=O) groups excluding carboxylic acids is 2. The number of carboxylic acid groups (broad SMARTS) is 2. The van der Waals surface area contributed by atoms with Crippen LogP contribution in [0.1, 0.15) is 15.9 Å². The van der Waals surface area contributed by atoms with Crippen LogP contribution in [0.2, 0.25) is 0 Å². The second-order valence-corrected chi connectivity index (χ2v) is 5.42.